The molecule has 5 heteroatoms. The molecular formula is C23H21N3O2. The summed E-state index contributed by atoms with van der Waals surface area (Å²) in [5, 5.41) is 6.49. The van der Waals surface area contributed by atoms with Gasteiger partial charge in [-0.25, -0.2) is 0 Å². The van der Waals surface area contributed by atoms with Crippen molar-refractivity contribution in [2.75, 3.05) is 17.2 Å². The molecule has 5 rings (SSSR count). The zero-order valence-electron chi connectivity index (χ0n) is 15.4. The smallest absolute Gasteiger partial charge is 0.228 e. The lowest BCUT2D eigenvalue weighted by molar-refractivity contribution is -0.117. The number of nitrogens with zero attached hydrogens (tertiary/aromatic N) is 1. The second-order valence-electron chi connectivity index (χ2n) is 7.40. The minimum atomic E-state index is -0.0770. The van der Waals surface area contributed by atoms with Crippen molar-refractivity contribution in [2.24, 2.45) is 5.92 Å². The Balaban J connectivity index is 1.36. The van der Waals surface area contributed by atoms with Crippen LogP contribution in [0.4, 0.5) is 17.1 Å². The first-order chi connectivity index (χ1) is 13.8. The zero-order valence-corrected chi connectivity index (χ0v) is 15.4. The molecule has 1 aromatic heterocycles. The number of amides is 1. The van der Waals surface area contributed by atoms with Crippen LogP contribution in [0.3, 0.4) is 0 Å². The monoisotopic (exact) mass is 371 g/mol. The molecule has 1 aliphatic heterocycles. The first-order valence-corrected chi connectivity index (χ1v) is 9.55. The summed E-state index contributed by atoms with van der Waals surface area (Å²) in [6.45, 7) is 0.668. The van der Waals surface area contributed by atoms with Gasteiger partial charge in [0.15, 0.2) is 0 Å². The second kappa shape index (κ2) is 6.68. The third-order valence-electron chi connectivity index (χ3n) is 5.77. The SMILES string of the molecule is O=C(Nc1ccccc1Nc1ccncc1)[C@@H]1C[C@]12CCOc1ccccc12. The molecule has 2 atom stereocenters. The molecule has 0 saturated heterocycles. The number of carbonyl (C=O) groups excluding carboxylic acids is 1. The molecule has 1 fully saturated rings. The van der Waals surface area contributed by atoms with Gasteiger partial charge < -0.3 is 15.4 Å². The average molecular weight is 371 g/mol. The molecule has 1 spiro atoms. The Morgan fingerprint density at radius 1 is 1.00 bits per heavy atom. The Hall–Kier alpha value is -3.34. The van der Waals surface area contributed by atoms with Crippen molar-refractivity contribution in [3.05, 3.63) is 78.6 Å². The van der Waals surface area contributed by atoms with E-state index in [1.807, 2.05) is 54.6 Å². The Bertz CT molecular complexity index is 1020. The Labute approximate surface area is 163 Å². The van der Waals surface area contributed by atoms with Crippen LogP contribution >= 0.6 is 0 Å². The highest BCUT2D eigenvalue weighted by molar-refractivity contribution is 5.99. The highest BCUT2D eigenvalue weighted by atomic mass is 16.5. The van der Waals surface area contributed by atoms with E-state index in [1.165, 1.54) is 5.56 Å². The van der Waals surface area contributed by atoms with Crippen molar-refractivity contribution >= 4 is 23.0 Å². The molecule has 0 bridgehead atoms. The molecule has 140 valence electrons. The predicted molar refractivity (Wildman–Crippen MR) is 109 cm³/mol. The highest BCUT2D eigenvalue weighted by Gasteiger charge is 2.61. The molecule has 2 aromatic carbocycles. The number of ether oxygens (including phenoxy) is 1. The molecule has 0 unspecified atom stereocenters. The van der Waals surface area contributed by atoms with Gasteiger partial charge in [0.2, 0.25) is 5.91 Å². The maximum Gasteiger partial charge on any atom is 0.228 e. The van der Waals surface area contributed by atoms with Gasteiger partial charge in [0.05, 0.1) is 18.0 Å². The first-order valence-electron chi connectivity index (χ1n) is 9.55. The number of para-hydroxylation sites is 3. The van der Waals surface area contributed by atoms with Crippen LogP contribution in [-0.4, -0.2) is 17.5 Å². The number of fused-ring (bicyclic) bond motifs is 2. The fraction of sp³-hybridized carbons (Fsp3) is 0.217. The fourth-order valence-corrected chi connectivity index (χ4v) is 4.22. The van der Waals surface area contributed by atoms with E-state index in [-0.39, 0.29) is 17.2 Å². The van der Waals surface area contributed by atoms with E-state index in [0.29, 0.717) is 6.61 Å². The fourth-order valence-electron chi connectivity index (χ4n) is 4.22. The lowest BCUT2D eigenvalue weighted by Gasteiger charge is -2.26. The predicted octanol–water partition coefficient (Wildman–Crippen LogP) is 4.50. The van der Waals surface area contributed by atoms with Gasteiger partial charge in [0, 0.05) is 35.0 Å². The number of anilines is 3. The molecule has 28 heavy (non-hydrogen) atoms. The Morgan fingerprint density at radius 3 is 2.61 bits per heavy atom. The molecule has 2 heterocycles. The normalized spacial score (nSPS) is 22.1. The van der Waals surface area contributed by atoms with Crippen molar-refractivity contribution in [3.63, 3.8) is 0 Å². The summed E-state index contributed by atoms with van der Waals surface area (Å²) in [5.41, 5.74) is 3.67. The molecule has 1 saturated carbocycles. The number of benzene rings is 2. The molecule has 1 amide bonds. The van der Waals surface area contributed by atoms with Crippen LogP contribution in [0, 0.1) is 5.92 Å². The number of hydrogen-bond donors (Lipinski definition) is 2. The van der Waals surface area contributed by atoms with Crippen LogP contribution in [0.2, 0.25) is 0 Å². The largest absolute Gasteiger partial charge is 0.493 e. The van der Waals surface area contributed by atoms with Gasteiger partial charge in [0.25, 0.3) is 0 Å². The minimum absolute atomic E-state index is 0.0217. The van der Waals surface area contributed by atoms with E-state index < -0.39 is 0 Å². The van der Waals surface area contributed by atoms with E-state index in [4.69, 9.17) is 4.74 Å². The van der Waals surface area contributed by atoms with Gasteiger partial charge in [-0.05, 0) is 43.2 Å². The molecular weight excluding hydrogens is 350 g/mol. The van der Waals surface area contributed by atoms with Crippen LogP contribution in [-0.2, 0) is 10.2 Å². The van der Waals surface area contributed by atoms with E-state index in [9.17, 15) is 4.79 Å². The molecule has 5 nitrogen and oxygen atoms in total. The van der Waals surface area contributed by atoms with E-state index >= 15 is 0 Å². The van der Waals surface area contributed by atoms with Gasteiger partial charge in [0.1, 0.15) is 5.75 Å². The summed E-state index contributed by atoms with van der Waals surface area (Å²) < 4.78 is 5.78. The van der Waals surface area contributed by atoms with Crippen LogP contribution in [0.1, 0.15) is 18.4 Å². The summed E-state index contributed by atoms with van der Waals surface area (Å²) in [4.78, 5) is 17.1. The molecule has 2 aliphatic rings. The molecule has 3 aromatic rings. The van der Waals surface area contributed by atoms with E-state index in [0.717, 1.165) is 35.7 Å². The third kappa shape index (κ3) is 2.89. The summed E-state index contributed by atoms with van der Waals surface area (Å²) in [6.07, 6.45) is 5.23. The summed E-state index contributed by atoms with van der Waals surface area (Å²) >= 11 is 0. The van der Waals surface area contributed by atoms with Crippen LogP contribution < -0.4 is 15.4 Å². The Morgan fingerprint density at radius 2 is 1.75 bits per heavy atom. The van der Waals surface area contributed by atoms with Gasteiger partial charge in [-0.3, -0.25) is 9.78 Å². The van der Waals surface area contributed by atoms with Crippen LogP contribution in [0.25, 0.3) is 0 Å². The standard InChI is InChI=1S/C23H21N3O2/c27-22(18-15-23(18)11-14-28-21-8-4-1-5-17(21)23)26-20-7-3-2-6-19(20)25-16-9-12-24-13-10-16/h1-10,12-13,18H,11,14-15H2,(H,24,25)(H,26,27)/t18-,23-/m0/s1. The number of aromatic nitrogens is 1. The van der Waals surface area contributed by atoms with Crippen molar-refractivity contribution in [1.29, 1.82) is 0 Å². The van der Waals surface area contributed by atoms with Gasteiger partial charge in [-0.2, -0.15) is 0 Å². The zero-order chi connectivity index (χ0) is 19.0. The van der Waals surface area contributed by atoms with Crippen LogP contribution in [0.15, 0.2) is 73.1 Å². The van der Waals surface area contributed by atoms with Gasteiger partial charge in [-0.15, -0.1) is 0 Å². The number of pyridine rings is 1. The van der Waals surface area contributed by atoms with Crippen molar-refractivity contribution in [1.82, 2.24) is 4.98 Å². The average Bonchev–Trinajstić information content (AvgIpc) is 3.45. The van der Waals surface area contributed by atoms with Crippen molar-refractivity contribution in [3.8, 4) is 5.75 Å². The lowest BCUT2D eigenvalue weighted by Crippen LogP contribution is -2.26. The number of carbonyl (C=O) groups is 1. The first kappa shape index (κ1) is 16.8. The van der Waals surface area contributed by atoms with Crippen molar-refractivity contribution in [2.45, 2.75) is 18.3 Å². The van der Waals surface area contributed by atoms with Crippen molar-refractivity contribution < 1.29 is 9.53 Å². The molecule has 0 radical (unpaired) electrons. The number of rotatable bonds is 4. The lowest BCUT2D eigenvalue weighted by atomic mass is 9.87. The van der Waals surface area contributed by atoms with Crippen LogP contribution in [0.5, 0.6) is 5.75 Å². The van der Waals surface area contributed by atoms with E-state index in [2.05, 4.69) is 21.7 Å². The minimum Gasteiger partial charge on any atom is -0.493 e. The number of hydrogen-bond acceptors (Lipinski definition) is 4. The molecule has 1 aliphatic carbocycles. The second-order valence-corrected chi connectivity index (χ2v) is 7.40. The summed E-state index contributed by atoms with van der Waals surface area (Å²) in [7, 11) is 0. The van der Waals surface area contributed by atoms with Gasteiger partial charge in [-0.1, -0.05) is 30.3 Å². The summed E-state index contributed by atoms with van der Waals surface area (Å²) in [6, 6.07) is 19.7. The quantitative estimate of drug-likeness (QED) is 0.709. The van der Waals surface area contributed by atoms with Gasteiger partial charge >= 0.3 is 0 Å². The summed E-state index contributed by atoms with van der Waals surface area (Å²) in [5.74, 6) is 0.969. The maximum atomic E-state index is 13.1. The topological polar surface area (TPSA) is 63.2 Å². The number of nitrogens with one attached hydrogen (secondary N) is 2. The highest BCUT2D eigenvalue weighted by Crippen LogP contribution is 2.60. The molecule has 2 N–H and O–H groups in total. The maximum absolute atomic E-state index is 13.1. The third-order valence-corrected chi connectivity index (χ3v) is 5.77. The van der Waals surface area contributed by atoms with E-state index in [1.54, 1.807) is 12.4 Å². The Kier molecular flexibility index (Phi) is 4.01.